The molecule has 1 aliphatic rings. The molecule has 1 aromatic rings. The van der Waals surface area contributed by atoms with Gasteiger partial charge in [0.1, 0.15) is 0 Å². The number of nitrogens with zero attached hydrogens (tertiary/aromatic N) is 2. The first-order valence-electron chi connectivity index (χ1n) is 6.02. The molecule has 2 rings (SSSR count). The summed E-state index contributed by atoms with van der Waals surface area (Å²) in [5.74, 6) is 0.0599. The summed E-state index contributed by atoms with van der Waals surface area (Å²) < 4.78 is 0.922. The minimum absolute atomic E-state index is 0.0323. The number of benzene rings is 1. The van der Waals surface area contributed by atoms with Crippen LogP contribution in [0.1, 0.15) is 6.42 Å². The zero-order valence-electron chi connectivity index (χ0n) is 10.3. The molecule has 1 N–H and O–H groups in total. The standard InChI is InChI=1S/C13H17BrN2O2/c1-15-7-8-16(13(18)12(15)6-9-17)11-5-3-2-4-10(11)14/h2-5,12,17H,6-9H2,1H3. The van der Waals surface area contributed by atoms with Crippen LogP contribution in [0.5, 0.6) is 0 Å². The third-order valence-corrected chi connectivity index (χ3v) is 3.98. The summed E-state index contributed by atoms with van der Waals surface area (Å²) in [4.78, 5) is 16.2. The van der Waals surface area contributed by atoms with Crippen molar-refractivity contribution in [2.75, 3.05) is 31.6 Å². The van der Waals surface area contributed by atoms with E-state index in [4.69, 9.17) is 5.11 Å². The van der Waals surface area contributed by atoms with Crippen molar-refractivity contribution in [1.82, 2.24) is 4.90 Å². The second-order valence-corrected chi connectivity index (χ2v) is 5.30. The Morgan fingerprint density at radius 3 is 2.78 bits per heavy atom. The lowest BCUT2D eigenvalue weighted by molar-refractivity contribution is -0.125. The molecular weight excluding hydrogens is 296 g/mol. The zero-order valence-corrected chi connectivity index (χ0v) is 11.9. The first kappa shape index (κ1) is 13.5. The Bertz CT molecular complexity index is 439. The summed E-state index contributed by atoms with van der Waals surface area (Å²) in [6, 6.07) is 7.49. The molecule has 1 atom stereocenters. The van der Waals surface area contributed by atoms with Crippen molar-refractivity contribution in [3.8, 4) is 0 Å². The van der Waals surface area contributed by atoms with Crippen molar-refractivity contribution in [2.24, 2.45) is 0 Å². The van der Waals surface area contributed by atoms with E-state index in [1.54, 1.807) is 4.90 Å². The maximum atomic E-state index is 12.4. The number of carbonyl (C=O) groups is 1. The fourth-order valence-corrected chi connectivity index (χ4v) is 2.77. The SMILES string of the molecule is CN1CCN(c2ccccc2Br)C(=O)C1CCO. The van der Waals surface area contributed by atoms with Crippen LogP contribution in [0.15, 0.2) is 28.7 Å². The molecule has 0 spiro atoms. The lowest BCUT2D eigenvalue weighted by Gasteiger charge is -2.38. The van der Waals surface area contributed by atoms with Crippen LogP contribution >= 0.6 is 15.9 Å². The van der Waals surface area contributed by atoms with E-state index in [-0.39, 0.29) is 18.6 Å². The molecule has 1 heterocycles. The van der Waals surface area contributed by atoms with E-state index in [1.807, 2.05) is 36.2 Å². The molecular formula is C13H17BrN2O2. The van der Waals surface area contributed by atoms with Crippen LogP contribution in [-0.4, -0.2) is 48.7 Å². The van der Waals surface area contributed by atoms with Gasteiger partial charge in [-0.25, -0.2) is 0 Å². The maximum Gasteiger partial charge on any atom is 0.244 e. The molecule has 0 aliphatic carbocycles. The summed E-state index contributed by atoms with van der Waals surface area (Å²) in [5.41, 5.74) is 0.901. The number of amides is 1. The molecule has 5 heteroatoms. The Morgan fingerprint density at radius 2 is 2.11 bits per heavy atom. The zero-order chi connectivity index (χ0) is 13.1. The van der Waals surface area contributed by atoms with Crippen molar-refractivity contribution < 1.29 is 9.90 Å². The molecule has 0 aromatic heterocycles. The maximum absolute atomic E-state index is 12.4. The molecule has 1 unspecified atom stereocenters. The van der Waals surface area contributed by atoms with Gasteiger partial charge in [-0.1, -0.05) is 12.1 Å². The molecule has 0 bridgehead atoms. The third-order valence-electron chi connectivity index (χ3n) is 3.31. The Hall–Kier alpha value is -0.910. The number of aliphatic hydroxyl groups excluding tert-OH is 1. The van der Waals surface area contributed by atoms with Crippen molar-refractivity contribution in [2.45, 2.75) is 12.5 Å². The molecule has 4 nitrogen and oxygen atoms in total. The van der Waals surface area contributed by atoms with Crippen LogP contribution in [0.2, 0.25) is 0 Å². The van der Waals surface area contributed by atoms with E-state index in [2.05, 4.69) is 15.9 Å². The fraction of sp³-hybridized carbons (Fsp3) is 0.462. The molecule has 1 aliphatic heterocycles. The number of hydrogen-bond acceptors (Lipinski definition) is 3. The second-order valence-electron chi connectivity index (χ2n) is 4.45. The predicted octanol–water partition coefficient (Wildman–Crippen LogP) is 1.48. The van der Waals surface area contributed by atoms with Gasteiger partial charge in [0.25, 0.3) is 0 Å². The molecule has 1 amide bonds. The van der Waals surface area contributed by atoms with Crippen LogP contribution in [0.25, 0.3) is 0 Å². The lowest BCUT2D eigenvalue weighted by Crippen LogP contribution is -2.56. The number of anilines is 1. The Balaban J connectivity index is 2.25. The van der Waals surface area contributed by atoms with Gasteiger partial charge in [-0.05, 0) is 41.5 Å². The summed E-state index contributed by atoms with van der Waals surface area (Å²) in [6.45, 7) is 1.53. The van der Waals surface area contributed by atoms with Gasteiger partial charge in [-0.2, -0.15) is 0 Å². The van der Waals surface area contributed by atoms with Crippen LogP contribution in [0.3, 0.4) is 0 Å². The van der Waals surface area contributed by atoms with Crippen LogP contribution in [0.4, 0.5) is 5.69 Å². The molecule has 98 valence electrons. The van der Waals surface area contributed by atoms with Crippen LogP contribution < -0.4 is 4.90 Å². The molecule has 1 fully saturated rings. The first-order valence-corrected chi connectivity index (χ1v) is 6.81. The quantitative estimate of drug-likeness (QED) is 0.919. The van der Waals surface area contributed by atoms with E-state index in [1.165, 1.54) is 0 Å². The van der Waals surface area contributed by atoms with Gasteiger partial charge >= 0.3 is 0 Å². The lowest BCUT2D eigenvalue weighted by atomic mass is 10.1. The normalized spacial score (nSPS) is 21.4. The van der Waals surface area contributed by atoms with Gasteiger partial charge < -0.3 is 10.0 Å². The highest BCUT2D eigenvalue weighted by Gasteiger charge is 2.33. The van der Waals surface area contributed by atoms with Gasteiger partial charge in [0.2, 0.25) is 5.91 Å². The largest absolute Gasteiger partial charge is 0.396 e. The van der Waals surface area contributed by atoms with Crippen LogP contribution in [0, 0.1) is 0 Å². The van der Waals surface area contributed by atoms with Crippen molar-refractivity contribution >= 4 is 27.5 Å². The highest BCUT2D eigenvalue weighted by molar-refractivity contribution is 9.10. The van der Waals surface area contributed by atoms with Gasteiger partial charge in [0, 0.05) is 24.2 Å². The van der Waals surface area contributed by atoms with E-state index in [9.17, 15) is 4.79 Å². The smallest absolute Gasteiger partial charge is 0.244 e. The highest BCUT2D eigenvalue weighted by atomic mass is 79.9. The van der Waals surface area contributed by atoms with Gasteiger partial charge in [-0.15, -0.1) is 0 Å². The van der Waals surface area contributed by atoms with Gasteiger partial charge in [-0.3, -0.25) is 9.69 Å². The minimum atomic E-state index is -0.226. The highest BCUT2D eigenvalue weighted by Crippen LogP contribution is 2.28. The number of carbonyl (C=O) groups excluding carboxylic acids is 1. The van der Waals surface area contributed by atoms with E-state index >= 15 is 0 Å². The number of halogens is 1. The molecule has 18 heavy (non-hydrogen) atoms. The van der Waals surface area contributed by atoms with Crippen LogP contribution in [-0.2, 0) is 4.79 Å². The molecule has 0 radical (unpaired) electrons. The number of aliphatic hydroxyl groups is 1. The number of para-hydroxylation sites is 1. The van der Waals surface area contributed by atoms with Crippen molar-refractivity contribution in [3.63, 3.8) is 0 Å². The number of rotatable bonds is 3. The van der Waals surface area contributed by atoms with E-state index in [0.717, 1.165) is 16.7 Å². The Kier molecular flexibility index (Phi) is 4.37. The average molecular weight is 313 g/mol. The molecule has 0 saturated carbocycles. The molecule has 1 saturated heterocycles. The van der Waals surface area contributed by atoms with Crippen molar-refractivity contribution in [1.29, 1.82) is 0 Å². The Morgan fingerprint density at radius 1 is 1.39 bits per heavy atom. The first-order chi connectivity index (χ1) is 8.65. The predicted molar refractivity (Wildman–Crippen MR) is 74.6 cm³/mol. The van der Waals surface area contributed by atoms with Crippen molar-refractivity contribution in [3.05, 3.63) is 28.7 Å². The van der Waals surface area contributed by atoms with Gasteiger partial charge in [0.15, 0.2) is 0 Å². The topological polar surface area (TPSA) is 43.8 Å². The Labute approximate surface area is 115 Å². The second kappa shape index (κ2) is 5.82. The summed E-state index contributed by atoms with van der Waals surface area (Å²) in [6.07, 6.45) is 0.482. The summed E-state index contributed by atoms with van der Waals surface area (Å²) in [7, 11) is 1.93. The summed E-state index contributed by atoms with van der Waals surface area (Å²) in [5, 5.41) is 9.06. The molecule has 1 aromatic carbocycles. The number of hydrogen-bond donors (Lipinski definition) is 1. The third kappa shape index (κ3) is 2.58. The fourth-order valence-electron chi connectivity index (χ4n) is 2.27. The number of likely N-dealkylation sites (N-methyl/N-ethyl adjacent to an activating group) is 1. The minimum Gasteiger partial charge on any atom is -0.396 e. The average Bonchev–Trinajstić information content (AvgIpc) is 2.36. The van der Waals surface area contributed by atoms with E-state index < -0.39 is 0 Å². The van der Waals surface area contributed by atoms with Gasteiger partial charge in [0.05, 0.1) is 11.7 Å². The summed E-state index contributed by atoms with van der Waals surface area (Å²) >= 11 is 3.48. The monoisotopic (exact) mass is 312 g/mol. The van der Waals surface area contributed by atoms with E-state index in [0.29, 0.717) is 13.0 Å². The number of piperazine rings is 1.